The predicted octanol–water partition coefficient (Wildman–Crippen LogP) is 1.82. The van der Waals surface area contributed by atoms with Crippen molar-refractivity contribution in [3.05, 3.63) is 35.5 Å². The van der Waals surface area contributed by atoms with Crippen LogP contribution in [0.5, 0.6) is 0 Å². The van der Waals surface area contributed by atoms with E-state index in [9.17, 15) is 0 Å². The summed E-state index contributed by atoms with van der Waals surface area (Å²) in [6.07, 6.45) is 6.47. The van der Waals surface area contributed by atoms with Crippen LogP contribution in [0.2, 0.25) is 0 Å². The molecule has 0 aliphatic heterocycles. The van der Waals surface area contributed by atoms with Gasteiger partial charge in [0.1, 0.15) is 11.6 Å². The minimum absolute atomic E-state index is 0.628. The highest BCUT2D eigenvalue weighted by molar-refractivity contribution is 5.45. The Hall–Kier alpha value is -2.24. The Bertz CT molecular complexity index is 566. The van der Waals surface area contributed by atoms with Gasteiger partial charge in [0.25, 0.3) is 0 Å². The Labute approximate surface area is 119 Å². The normalized spacial score (nSPS) is 10.4. The molecule has 0 saturated carbocycles. The van der Waals surface area contributed by atoms with Crippen molar-refractivity contribution in [3.8, 4) is 0 Å². The second-order valence-corrected chi connectivity index (χ2v) is 4.64. The first-order valence-corrected chi connectivity index (χ1v) is 6.66. The standard InChI is InChI=1S/C14H20N6/c1-5-12-8-16-10(2)19-13(12)20(4)9-11-6-17-14(15-3)18-7-11/h6-8H,5,9H2,1-4H3,(H,15,17,18). The zero-order chi connectivity index (χ0) is 14.5. The summed E-state index contributed by atoms with van der Waals surface area (Å²) in [5, 5.41) is 2.91. The van der Waals surface area contributed by atoms with E-state index in [2.05, 4.69) is 37.1 Å². The smallest absolute Gasteiger partial charge is 0.222 e. The molecule has 0 fully saturated rings. The highest BCUT2D eigenvalue weighted by Gasteiger charge is 2.10. The van der Waals surface area contributed by atoms with Gasteiger partial charge in [-0.25, -0.2) is 19.9 Å². The summed E-state index contributed by atoms with van der Waals surface area (Å²) in [5.74, 6) is 2.38. The van der Waals surface area contributed by atoms with Crippen LogP contribution in [0.25, 0.3) is 0 Å². The molecule has 0 aliphatic rings. The van der Waals surface area contributed by atoms with Crippen LogP contribution < -0.4 is 10.2 Å². The van der Waals surface area contributed by atoms with Crippen LogP contribution in [0, 0.1) is 6.92 Å². The monoisotopic (exact) mass is 272 g/mol. The number of nitrogens with zero attached hydrogens (tertiary/aromatic N) is 5. The van der Waals surface area contributed by atoms with Crippen molar-refractivity contribution >= 4 is 11.8 Å². The molecule has 0 aromatic carbocycles. The fraction of sp³-hybridized carbons (Fsp3) is 0.429. The van der Waals surface area contributed by atoms with Gasteiger partial charge in [0.05, 0.1) is 0 Å². The molecule has 0 saturated heterocycles. The minimum atomic E-state index is 0.628. The Kier molecular flexibility index (Phi) is 4.45. The molecule has 0 spiro atoms. The number of hydrogen-bond donors (Lipinski definition) is 1. The van der Waals surface area contributed by atoms with Crippen LogP contribution in [-0.4, -0.2) is 34.0 Å². The lowest BCUT2D eigenvalue weighted by Crippen LogP contribution is -2.20. The summed E-state index contributed by atoms with van der Waals surface area (Å²) in [6, 6.07) is 0. The third-order valence-electron chi connectivity index (χ3n) is 3.05. The van der Waals surface area contributed by atoms with Crippen molar-refractivity contribution in [1.82, 2.24) is 19.9 Å². The van der Waals surface area contributed by atoms with Gasteiger partial charge in [-0.15, -0.1) is 0 Å². The molecule has 0 bridgehead atoms. The van der Waals surface area contributed by atoms with Crippen LogP contribution in [0.15, 0.2) is 18.6 Å². The molecule has 2 rings (SSSR count). The first-order valence-electron chi connectivity index (χ1n) is 6.66. The molecule has 2 aromatic heterocycles. The van der Waals surface area contributed by atoms with E-state index in [4.69, 9.17) is 0 Å². The molecule has 0 radical (unpaired) electrons. The third-order valence-corrected chi connectivity index (χ3v) is 3.05. The van der Waals surface area contributed by atoms with Crippen LogP contribution >= 0.6 is 0 Å². The van der Waals surface area contributed by atoms with Crippen LogP contribution in [0.3, 0.4) is 0 Å². The summed E-state index contributed by atoms with van der Waals surface area (Å²) in [5.41, 5.74) is 2.19. The number of anilines is 2. The Morgan fingerprint density at radius 1 is 1.15 bits per heavy atom. The summed E-state index contributed by atoms with van der Waals surface area (Å²) in [4.78, 5) is 19.3. The summed E-state index contributed by atoms with van der Waals surface area (Å²) in [7, 11) is 3.82. The molecule has 0 atom stereocenters. The quantitative estimate of drug-likeness (QED) is 0.895. The van der Waals surface area contributed by atoms with Crippen molar-refractivity contribution in [2.24, 2.45) is 0 Å². The average Bonchev–Trinajstić information content (AvgIpc) is 2.48. The largest absolute Gasteiger partial charge is 0.357 e. The Morgan fingerprint density at radius 2 is 1.85 bits per heavy atom. The molecule has 6 heteroatoms. The van der Waals surface area contributed by atoms with Gasteiger partial charge in [-0.2, -0.15) is 0 Å². The highest BCUT2D eigenvalue weighted by atomic mass is 15.2. The van der Waals surface area contributed by atoms with Crippen molar-refractivity contribution in [3.63, 3.8) is 0 Å². The number of aromatic nitrogens is 4. The summed E-state index contributed by atoms with van der Waals surface area (Å²) in [6.45, 7) is 4.73. The van der Waals surface area contributed by atoms with Gasteiger partial charge in [-0.1, -0.05) is 6.92 Å². The maximum absolute atomic E-state index is 4.54. The fourth-order valence-electron chi connectivity index (χ4n) is 1.98. The van der Waals surface area contributed by atoms with Gasteiger partial charge >= 0.3 is 0 Å². The van der Waals surface area contributed by atoms with Crippen LogP contribution in [0.4, 0.5) is 11.8 Å². The minimum Gasteiger partial charge on any atom is -0.357 e. The average molecular weight is 272 g/mol. The van der Waals surface area contributed by atoms with E-state index in [0.717, 1.165) is 29.2 Å². The zero-order valence-electron chi connectivity index (χ0n) is 12.4. The van der Waals surface area contributed by atoms with E-state index in [1.54, 1.807) is 7.05 Å². The maximum atomic E-state index is 4.54. The Morgan fingerprint density at radius 3 is 2.45 bits per heavy atom. The number of rotatable bonds is 5. The fourth-order valence-corrected chi connectivity index (χ4v) is 1.98. The van der Waals surface area contributed by atoms with Gasteiger partial charge in [0, 0.05) is 50.4 Å². The lowest BCUT2D eigenvalue weighted by Gasteiger charge is -2.20. The van der Waals surface area contributed by atoms with E-state index in [0.29, 0.717) is 12.5 Å². The molecule has 2 heterocycles. The molecule has 2 aromatic rings. The molecule has 0 aliphatic carbocycles. The van der Waals surface area contributed by atoms with Gasteiger partial charge in [0.2, 0.25) is 5.95 Å². The molecule has 1 N–H and O–H groups in total. The topological polar surface area (TPSA) is 66.8 Å². The van der Waals surface area contributed by atoms with Gasteiger partial charge in [0.15, 0.2) is 0 Å². The SMILES string of the molecule is CCc1cnc(C)nc1N(C)Cc1cnc(NC)nc1. The third kappa shape index (κ3) is 3.20. The molecule has 6 nitrogen and oxygen atoms in total. The number of nitrogens with one attached hydrogen (secondary N) is 1. The molecule has 0 unspecified atom stereocenters. The van der Waals surface area contributed by atoms with Crippen molar-refractivity contribution in [1.29, 1.82) is 0 Å². The first kappa shape index (κ1) is 14.2. The summed E-state index contributed by atoms with van der Waals surface area (Å²) >= 11 is 0. The molecule has 20 heavy (non-hydrogen) atoms. The van der Waals surface area contributed by atoms with Crippen LogP contribution in [-0.2, 0) is 13.0 Å². The lowest BCUT2D eigenvalue weighted by atomic mass is 10.2. The van der Waals surface area contributed by atoms with Gasteiger partial charge in [-0.05, 0) is 13.3 Å². The second kappa shape index (κ2) is 6.27. The Balaban J connectivity index is 2.18. The molecular formula is C14H20N6. The zero-order valence-corrected chi connectivity index (χ0v) is 12.4. The van der Waals surface area contributed by atoms with Crippen molar-refractivity contribution in [2.75, 3.05) is 24.3 Å². The summed E-state index contributed by atoms with van der Waals surface area (Å²) < 4.78 is 0. The van der Waals surface area contributed by atoms with E-state index in [1.165, 1.54) is 0 Å². The second-order valence-electron chi connectivity index (χ2n) is 4.64. The van der Waals surface area contributed by atoms with Gasteiger partial charge < -0.3 is 10.2 Å². The molecular weight excluding hydrogens is 252 g/mol. The maximum Gasteiger partial charge on any atom is 0.222 e. The lowest BCUT2D eigenvalue weighted by molar-refractivity contribution is 0.848. The van der Waals surface area contributed by atoms with E-state index in [1.807, 2.05) is 32.6 Å². The van der Waals surface area contributed by atoms with E-state index < -0.39 is 0 Å². The molecule has 106 valence electrons. The number of hydrogen-bond acceptors (Lipinski definition) is 6. The molecule has 0 amide bonds. The van der Waals surface area contributed by atoms with Crippen LogP contribution in [0.1, 0.15) is 23.9 Å². The van der Waals surface area contributed by atoms with E-state index >= 15 is 0 Å². The van der Waals surface area contributed by atoms with Crippen molar-refractivity contribution in [2.45, 2.75) is 26.8 Å². The van der Waals surface area contributed by atoms with E-state index in [-0.39, 0.29) is 0 Å². The van der Waals surface area contributed by atoms with Gasteiger partial charge in [-0.3, -0.25) is 0 Å². The first-order chi connectivity index (χ1) is 9.63. The predicted molar refractivity (Wildman–Crippen MR) is 79.8 cm³/mol. The number of aryl methyl sites for hydroxylation is 2. The highest BCUT2D eigenvalue weighted by Crippen LogP contribution is 2.18. The van der Waals surface area contributed by atoms with Crippen molar-refractivity contribution < 1.29 is 0 Å².